The summed E-state index contributed by atoms with van der Waals surface area (Å²) in [7, 11) is 0. The molecule has 1 N–H and O–H groups in total. The average molecular weight is 293 g/mol. The Bertz CT molecular complexity index is 576. The lowest BCUT2D eigenvalue weighted by Crippen LogP contribution is -2.48. The standard InChI is InChI=1S/C14H19N3O2S/c1-11-9-20-13(19)17(11)8-5-12(18)16-14(10-15)6-3-2-4-7-14/h9H,2-8H2,1H3,(H,16,18). The molecule has 1 aromatic rings. The van der Waals surface area contributed by atoms with Crippen LogP contribution in [0.5, 0.6) is 0 Å². The van der Waals surface area contributed by atoms with E-state index in [2.05, 4.69) is 11.4 Å². The first-order chi connectivity index (χ1) is 9.56. The molecule has 1 aliphatic rings. The molecule has 0 saturated heterocycles. The third-order valence-electron chi connectivity index (χ3n) is 3.84. The summed E-state index contributed by atoms with van der Waals surface area (Å²) in [5.74, 6) is -0.147. The monoisotopic (exact) mass is 293 g/mol. The zero-order valence-corrected chi connectivity index (χ0v) is 12.5. The number of aromatic nitrogens is 1. The van der Waals surface area contributed by atoms with Crippen LogP contribution in [0, 0.1) is 18.3 Å². The lowest BCUT2D eigenvalue weighted by Gasteiger charge is -2.31. The van der Waals surface area contributed by atoms with Crippen LogP contribution in [0.25, 0.3) is 0 Å². The number of carbonyl (C=O) groups is 1. The highest BCUT2D eigenvalue weighted by molar-refractivity contribution is 7.07. The summed E-state index contributed by atoms with van der Waals surface area (Å²) >= 11 is 1.15. The molecule has 1 amide bonds. The molecule has 0 aliphatic heterocycles. The highest BCUT2D eigenvalue weighted by Crippen LogP contribution is 2.27. The Balaban J connectivity index is 1.92. The van der Waals surface area contributed by atoms with Gasteiger partial charge in [-0.05, 0) is 19.8 Å². The van der Waals surface area contributed by atoms with Crippen molar-refractivity contribution in [3.8, 4) is 6.07 Å². The van der Waals surface area contributed by atoms with Crippen molar-refractivity contribution in [2.24, 2.45) is 0 Å². The fourth-order valence-electron chi connectivity index (χ4n) is 2.64. The third kappa shape index (κ3) is 3.28. The molecule has 0 bridgehead atoms. The van der Waals surface area contributed by atoms with E-state index >= 15 is 0 Å². The quantitative estimate of drug-likeness (QED) is 0.922. The molecule has 0 aromatic carbocycles. The second-order valence-electron chi connectivity index (χ2n) is 5.35. The number of nitrogens with one attached hydrogen (secondary N) is 1. The Morgan fingerprint density at radius 1 is 1.50 bits per heavy atom. The molecule has 0 atom stereocenters. The van der Waals surface area contributed by atoms with Gasteiger partial charge < -0.3 is 9.88 Å². The molecule has 0 spiro atoms. The van der Waals surface area contributed by atoms with Crippen molar-refractivity contribution < 1.29 is 4.79 Å². The van der Waals surface area contributed by atoms with E-state index in [1.807, 2.05) is 6.92 Å². The average Bonchev–Trinajstić information content (AvgIpc) is 2.77. The van der Waals surface area contributed by atoms with Crippen LogP contribution < -0.4 is 10.2 Å². The van der Waals surface area contributed by atoms with Crippen LogP contribution in [0.4, 0.5) is 0 Å². The first-order valence-corrected chi connectivity index (χ1v) is 7.81. The van der Waals surface area contributed by atoms with Crippen LogP contribution in [-0.4, -0.2) is 16.0 Å². The molecule has 0 radical (unpaired) electrons. The summed E-state index contributed by atoms with van der Waals surface area (Å²) in [6.45, 7) is 2.23. The van der Waals surface area contributed by atoms with Crippen LogP contribution in [0.3, 0.4) is 0 Å². The van der Waals surface area contributed by atoms with Crippen LogP contribution in [0.1, 0.15) is 44.2 Å². The van der Waals surface area contributed by atoms with E-state index in [0.717, 1.165) is 49.1 Å². The molecule has 1 fully saturated rings. The number of rotatable bonds is 4. The summed E-state index contributed by atoms with van der Waals surface area (Å²) in [6.07, 6.45) is 4.79. The summed E-state index contributed by atoms with van der Waals surface area (Å²) in [5.41, 5.74) is 0.185. The summed E-state index contributed by atoms with van der Waals surface area (Å²) in [5, 5.41) is 14.0. The lowest BCUT2D eigenvalue weighted by molar-refractivity contribution is -0.123. The van der Waals surface area contributed by atoms with Gasteiger partial charge in [0.25, 0.3) is 0 Å². The molecule has 0 unspecified atom stereocenters. The number of carbonyl (C=O) groups excluding carboxylic acids is 1. The number of aryl methyl sites for hydroxylation is 1. The van der Waals surface area contributed by atoms with Crippen LogP contribution in [0.15, 0.2) is 10.2 Å². The molecule has 1 heterocycles. The minimum absolute atomic E-state index is 0.0389. The first-order valence-electron chi connectivity index (χ1n) is 6.93. The third-order valence-corrected chi connectivity index (χ3v) is 4.72. The zero-order valence-electron chi connectivity index (χ0n) is 11.6. The van der Waals surface area contributed by atoms with Crippen LogP contribution in [0.2, 0.25) is 0 Å². The number of nitrogens with zero attached hydrogens (tertiary/aromatic N) is 2. The van der Waals surface area contributed by atoms with Gasteiger partial charge in [-0.2, -0.15) is 5.26 Å². The van der Waals surface area contributed by atoms with Gasteiger partial charge in [0.1, 0.15) is 5.54 Å². The van der Waals surface area contributed by atoms with Crippen molar-refractivity contribution in [2.75, 3.05) is 0 Å². The van der Waals surface area contributed by atoms with Crippen LogP contribution in [-0.2, 0) is 11.3 Å². The van der Waals surface area contributed by atoms with E-state index in [9.17, 15) is 14.9 Å². The number of hydrogen-bond donors (Lipinski definition) is 1. The van der Waals surface area contributed by atoms with E-state index in [1.54, 1.807) is 9.95 Å². The summed E-state index contributed by atoms with van der Waals surface area (Å²) in [6, 6.07) is 2.27. The van der Waals surface area contributed by atoms with Gasteiger partial charge in [0.05, 0.1) is 6.07 Å². The van der Waals surface area contributed by atoms with Crippen molar-refractivity contribution in [3.05, 3.63) is 20.7 Å². The first kappa shape index (κ1) is 14.8. The molecule has 1 aliphatic carbocycles. The Morgan fingerprint density at radius 2 is 2.20 bits per heavy atom. The van der Waals surface area contributed by atoms with Gasteiger partial charge in [-0.3, -0.25) is 9.59 Å². The predicted octanol–water partition coefficient (Wildman–Crippen LogP) is 1.95. The molecule has 6 heteroatoms. The summed E-state index contributed by atoms with van der Waals surface area (Å²) in [4.78, 5) is 23.5. The van der Waals surface area contributed by atoms with Gasteiger partial charge in [-0.1, -0.05) is 30.6 Å². The highest BCUT2D eigenvalue weighted by Gasteiger charge is 2.33. The van der Waals surface area contributed by atoms with Gasteiger partial charge in [-0.25, -0.2) is 0 Å². The summed E-state index contributed by atoms with van der Waals surface area (Å²) < 4.78 is 1.60. The molecule has 5 nitrogen and oxygen atoms in total. The van der Waals surface area contributed by atoms with Gasteiger partial charge in [0, 0.05) is 24.0 Å². The van der Waals surface area contributed by atoms with Crippen molar-refractivity contribution in [2.45, 2.75) is 57.5 Å². The largest absolute Gasteiger partial charge is 0.338 e. The zero-order chi connectivity index (χ0) is 14.6. The molecule has 1 saturated carbocycles. The fraction of sp³-hybridized carbons (Fsp3) is 0.643. The van der Waals surface area contributed by atoms with Crippen LogP contribution >= 0.6 is 11.3 Å². The molecular weight excluding hydrogens is 274 g/mol. The fourth-order valence-corrected chi connectivity index (χ4v) is 3.40. The van der Waals surface area contributed by atoms with E-state index in [1.165, 1.54) is 0 Å². The molecular formula is C14H19N3O2S. The van der Waals surface area contributed by atoms with E-state index in [0.29, 0.717) is 6.54 Å². The number of amides is 1. The van der Waals surface area contributed by atoms with Crippen molar-refractivity contribution in [3.63, 3.8) is 0 Å². The maximum Gasteiger partial charge on any atom is 0.307 e. The second-order valence-corrected chi connectivity index (χ2v) is 6.17. The van der Waals surface area contributed by atoms with Crippen molar-refractivity contribution >= 4 is 17.2 Å². The second kappa shape index (κ2) is 6.23. The molecule has 2 rings (SSSR count). The SMILES string of the molecule is Cc1csc(=O)n1CCC(=O)NC1(C#N)CCCCC1. The van der Waals surface area contributed by atoms with E-state index < -0.39 is 5.54 Å². The van der Waals surface area contributed by atoms with Gasteiger partial charge in [-0.15, -0.1) is 0 Å². The van der Waals surface area contributed by atoms with Gasteiger partial charge in [0.2, 0.25) is 5.91 Å². The number of hydrogen-bond acceptors (Lipinski definition) is 4. The minimum atomic E-state index is -0.690. The normalized spacial score (nSPS) is 17.4. The van der Waals surface area contributed by atoms with Crippen molar-refractivity contribution in [1.82, 2.24) is 9.88 Å². The maximum absolute atomic E-state index is 12.0. The Kier molecular flexibility index (Phi) is 4.61. The smallest absolute Gasteiger partial charge is 0.307 e. The predicted molar refractivity (Wildman–Crippen MR) is 77.5 cm³/mol. The van der Waals surface area contributed by atoms with Gasteiger partial charge in [0.15, 0.2) is 0 Å². The van der Waals surface area contributed by atoms with Crippen molar-refractivity contribution in [1.29, 1.82) is 5.26 Å². The molecule has 108 valence electrons. The number of thiazole rings is 1. The Labute approximate surface area is 122 Å². The molecule has 20 heavy (non-hydrogen) atoms. The van der Waals surface area contributed by atoms with Gasteiger partial charge >= 0.3 is 4.87 Å². The highest BCUT2D eigenvalue weighted by atomic mass is 32.1. The number of nitriles is 1. The molecule has 1 aromatic heterocycles. The Morgan fingerprint density at radius 3 is 2.75 bits per heavy atom. The topological polar surface area (TPSA) is 74.9 Å². The maximum atomic E-state index is 12.0. The van der Waals surface area contributed by atoms with E-state index in [4.69, 9.17) is 0 Å². The Hall–Kier alpha value is -1.61. The lowest BCUT2D eigenvalue weighted by atomic mass is 9.83. The van der Waals surface area contributed by atoms with E-state index in [-0.39, 0.29) is 17.2 Å². The minimum Gasteiger partial charge on any atom is -0.338 e.